The summed E-state index contributed by atoms with van der Waals surface area (Å²) in [5.74, 6) is 0.472. The third-order valence-electron chi connectivity index (χ3n) is 10.3. The minimum Gasteiger partial charge on any atom is -0.444 e. The molecule has 7 rings (SSSR count). The van der Waals surface area contributed by atoms with Gasteiger partial charge in [0.1, 0.15) is 5.60 Å². The van der Waals surface area contributed by atoms with E-state index in [-0.39, 0.29) is 29.9 Å². The maximum Gasteiger partial charge on any atom is 0.410 e. The first kappa shape index (κ1) is 34.7. The molecule has 1 saturated carbocycles. The number of ether oxygens (including phenoxy) is 2. The number of methoxy groups -OCH3 is 1. The molecule has 0 radical (unpaired) electrons. The lowest BCUT2D eigenvalue weighted by atomic mass is 9.78. The molecule has 2 aliphatic heterocycles. The van der Waals surface area contributed by atoms with Crippen LogP contribution in [0.3, 0.4) is 0 Å². The van der Waals surface area contributed by atoms with Gasteiger partial charge < -0.3 is 24.2 Å². The van der Waals surface area contributed by atoms with Crippen LogP contribution in [0.4, 0.5) is 10.5 Å². The number of benzene rings is 3. The zero-order valence-electron chi connectivity index (χ0n) is 30.1. The number of nitrogens with zero attached hydrogens (tertiary/aromatic N) is 6. The fraction of sp³-hybridized carbons (Fsp3) is 0.475. The summed E-state index contributed by atoms with van der Waals surface area (Å²) in [6.45, 7) is 9.70. The molecule has 2 amide bonds. The normalized spacial score (nSPS) is 20.3. The van der Waals surface area contributed by atoms with E-state index in [2.05, 4.69) is 91.1 Å². The molecule has 268 valence electrons. The lowest BCUT2D eigenvalue weighted by molar-refractivity contribution is -0.138. The Morgan fingerprint density at radius 2 is 1.73 bits per heavy atom. The van der Waals surface area contributed by atoms with Gasteiger partial charge in [-0.3, -0.25) is 4.79 Å². The van der Waals surface area contributed by atoms with Crippen molar-refractivity contribution in [3.05, 3.63) is 83.9 Å². The largest absolute Gasteiger partial charge is 0.444 e. The van der Waals surface area contributed by atoms with E-state index in [9.17, 15) is 4.79 Å². The molecule has 4 aromatic rings. The number of hydrogen-bond donors (Lipinski definition) is 1. The van der Waals surface area contributed by atoms with Crippen molar-refractivity contribution in [2.75, 3.05) is 51.3 Å². The van der Waals surface area contributed by atoms with E-state index >= 15 is 4.79 Å². The third-order valence-corrected chi connectivity index (χ3v) is 10.3. The summed E-state index contributed by atoms with van der Waals surface area (Å²) >= 11 is 0. The highest BCUT2D eigenvalue weighted by Crippen LogP contribution is 2.42. The Balaban J connectivity index is 1.16. The molecule has 2 fully saturated rings. The maximum atomic E-state index is 15.0. The number of piperidine rings is 1. The molecule has 3 heterocycles. The van der Waals surface area contributed by atoms with E-state index in [1.54, 1.807) is 12.0 Å². The van der Waals surface area contributed by atoms with Crippen LogP contribution in [0, 0.1) is 5.92 Å². The molecule has 1 aromatic heterocycles. The molecule has 1 saturated heterocycles. The number of rotatable bonds is 11. The second kappa shape index (κ2) is 14.8. The van der Waals surface area contributed by atoms with Crippen LogP contribution in [0.5, 0.6) is 0 Å². The number of aromatic amines is 1. The van der Waals surface area contributed by atoms with E-state index in [0.29, 0.717) is 31.9 Å². The van der Waals surface area contributed by atoms with Gasteiger partial charge in [0.25, 0.3) is 0 Å². The Labute approximate surface area is 300 Å². The van der Waals surface area contributed by atoms with E-state index in [1.807, 2.05) is 32.9 Å². The van der Waals surface area contributed by atoms with Gasteiger partial charge in [0, 0.05) is 69.7 Å². The molecule has 11 heteroatoms. The van der Waals surface area contributed by atoms with Crippen molar-refractivity contribution in [2.24, 2.45) is 5.92 Å². The number of para-hydroxylation sites is 1. The zero-order chi connectivity index (χ0) is 35.5. The van der Waals surface area contributed by atoms with Crippen molar-refractivity contribution in [1.82, 2.24) is 30.4 Å². The van der Waals surface area contributed by atoms with Gasteiger partial charge in [0.05, 0.1) is 5.92 Å². The molecule has 3 aromatic carbocycles. The second-order valence-corrected chi connectivity index (χ2v) is 15.1. The highest BCUT2D eigenvalue weighted by atomic mass is 16.6. The van der Waals surface area contributed by atoms with Crippen molar-refractivity contribution < 1.29 is 19.1 Å². The van der Waals surface area contributed by atoms with Gasteiger partial charge in [-0.1, -0.05) is 66.7 Å². The van der Waals surface area contributed by atoms with E-state index in [1.165, 1.54) is 11.3 Å². The molecule has 3 atom stereocenters. The van der Waals surface area contributed by atoms with Crippen molar-refractivity contribution in [3.63, 3.8) is 0 Å². The van der Waals surface area contributed by atoms with E-state index < -0.39 is 11.5 Å². The summed E-state index contributed by atoms with van der Waals surface area (Å²) in [6.07, 6.45) is 3.30. The highest BCUT2D eigenvalue weighted by Gasteiger charge is 2.44. The predicted molar refractivity (Wildman–Crippen MR) is 196 cm³/mol. The SMILES string of the molecule is COCCCN1CC(CN(C(=O)[C@H]2CN(C(=O)OC(C)(C)C)CC[C@@H]2c2cccc(-c3ccc(-c4nn[nH]n4)cc3)c2)C2CC2)c2ccccc21. The smallest absolute Gasteiger partial charge is 0.410 e. The molecule has 1 unspecified atom stereocenters. The van der Waals surface area contributed by atoms with Crippen LogP contribution >= 0.6 is 0 Å². The molecule has 51 heavy (non-hydrogen) atoms. The Hall–Kier alpha value is -4.77. The first-order chi connectivity index (χ1) is 24.7. The molecule has 0 bridgehead atoms. The van der Waals surface area contributed by atoms with Gasteiger partial charge in [0.2, 0.25) is 11.7 Å². The number of nitrogens with one attached hydrogen (secondary N) is 1. The number of amides is 2. The molecule has 11 nitrogen and oxygen atoms in total. The van der Waals surface area contributed by atoms with Gasteiger partial charge in [-0.15, -0.1) is 10.2 Å². The molecular weight excluding hydrogens is 642 g/mol. The molecule has 1 N–H and O–H groups in total. The summed E-state index contributed by atoms with van der Waals surface area (Å²) in [4.78, 5) is 34.8. The van der Waals surface area contributed by atoms with Crippen LogP contribution in [0.15, 0.2) is 72.8 Å². The van der Waals surface area contributed by atoms with Crippen LogP contribution in [0.1, 0.15) is 69.4 Å². The minimum absolute atomic E-state index is 0.0441. The zero-order valence-corrected chi connectivity index (χ0v) is 30.1. The second-order valence-electron chi connectivity index (χ2n) is 15.1. The van der Waals surface area contributed by atoms with Gasteiger partial charge in [-0.05, 0) is 85.9 Å². The number of carbonyl (C=O) groups excluding carboxylic acids is 2. The number of tetrazole rings is 1. The van der Waals surface area contributed by atoms with E-state index in [0.717, 1.165) is 61.2 Å². The molecule has 3 aliphatic rings. The van der Waals surface area contributed by atoms with Crippen LogP contribution in [0.25, 0.3) is 22.5 Å². The van der Waals surface area contributed by atoms with Crippen molar-refractivity contribution in [1.29, 1.82) is 0 Å². The Morgan fingerprint density at radius 3 is 2.45 bits per heavy atom. The first-order valence-electron chi connectivity index (χ1n) is 18.2. The number of anilines is 1. The highest BCUT2D eigenvalue weighted by molar-refractivity contribution is 5.82. The fourth-order valence-corrected chi connectivity index (χ4v) is 7.74. The van der Waals surface area contributed by atoms with Crippen LogP contribution < -0.4 is 4.90 Å². The standard InChI is InChI=1S/C40H49N7O4/c1-40(2,3)51-39(49)46-21-19-33(30-10-7-9-29(23-30)27-13-15-28(16-14-27)37-41-43-44-42-37)35(26-46)38(48)47(32-17-18-32)25-31-24-45(20-8-22-50-4)36-12-6-5-11-34(31)36/h5-7,9-16,23,31-33,35H,8,17-22,24-26H2,1-4H3,(H,41,42,43,44)/t31?,33-,35+/m1/s1. The van der Waals surface area contributed by atoms with Crippen molar-refractivity contribution in [3.8, 4) is 22.5 Å². The molecule has 0 spiro atoms. The van der Waals surface area contributed by atoms with E-state index in [4.69, 9.17) is 9.47 Å². The maximum absolute atomic E-state index is 15.0. The lowest BCUT2D eigenvalue weighted by Gasteiger charge is -2.41. The lowest BCUT2D eigenvalue weighted by Crippen LogP contribution is -2.51. The first-order valence-corrected chi connectivity index (χ1v) is 18.2. The summed E-state index contributed by atoms with van der Waals surface area (Å²) in [5.41, 5.74) is 6.08. The average molecular weight is 692 g/mol. The monoisotopic (exact) mass is 691 g/mol. The van der Waals surface area contributed by atoms with Crippen LogP contribution in [0.2, 0.25) is 0 Å². The third kappa shape index (κ3) is 7.93. The summed E-state index contributed by atoms with van der Waals surface area (Å²) < 4.78 is 11.2. The summed E-state index contributed by atoms with van der Waals surface area (Å²) in [5, 5.41) is 14.4. The van der Waals surface area contributed by atoms with Crippen LogP contribution in [-0.2, 0) is 14.3 Å². The number of carbonyl (C=O) groups is 2. The van der Waals surface area contributed by atoms with Crippen LogP contribution in [-0.4, -0.2) is 101 Å². The molecule has 1 aliphatic carbocycles. The van der Waals surface area contributed by atoms with Crippen molar-refractivity contribution in [2.45, 2.75) is 69.9 Å². The van der Waals surface area contributed by atoms with Crippen molar-refractivity contribution >= 4 is 17.7 Å². The number of likely N-dealkylation sites (tertiary alicyclic amines) is 1. The number of H-pyrrole nitrogens is 1. The summed E-state index contributed by atoms with van der Waals surface area (Å²) in [7, 11) is 1.74. The quantitative estimate of drug-likeness (QED) is 0.177. The fourth-order valence-electron chi connectivity index (χ4n) is 7.74. The van der Waals surface area contributed by atoms with Gasteiger partial charge >= 0.3 is 6.09 Å². The minimum atomic E-state index is -0.619. The number of hydrogen-bond acceptors (Lipinski definition) is 8. The summed E-state index contributed by atoms with van der Waals surface area (Å²) in [6, 6.07) is 25.5. The average Bonchev–Trinajstić information content (AvgIpc) is 3.70. The Morgan fingerprint density at radius 1 is 0.941 bits per heavy atom. The van der Waals surface area contributed by atoms with Gasteiger partial charge in [-0.2, -0.15) is 5.21 Å². The Bertz CT molecular complexity index is 1800. The van der Waals surface area contributed by atoms with Gasteiger partial charge in [0.15, 0.2) is 0 Å². The topological polar surface area (TPSA) is 117 Å². The number of aromatic nitrogens is 4. The Kier molecular flexibility index (Phi) is 10.1. The predicted octanol–water partition coefficient (Wildman–Crippen LogP) is 6.51. The molecular formula is C40H49N7O4. The number of fused-ring (bicyclic) bond motifs is 1. The van der Waals surface area contributed by atoms with Gasteiger partial charge in [-0.25, -0.2) is 4.79 Å².